The van der Waals surface area contributed by atoms with Gasteiger partial charge in [-0.25, -0.2) is 4.39 Å². The molecule has 0 aliphatic carbocycles. The van der Waals surface area contributed by atoms with Crippen molar-refractivity contribution >= 4 is 17.6 Å². The van der Waals surface area contributed by atoms with Gasteiger partial charge in [-0.1, -0.05) is 11.6 Å². The van der Waals surface area contributed by atoms with Gasteiger partial charge >= 0.3 is 5.97 Å². The van der Waals surface area contributed by atoms with Gasteiger partial charge in [0, 0.05) is 17.6 Å². The number of halogens is 2. The van der Waals surface area contributed by atoms with Crippen molar-refractivity contribution in [2.75, 3.05) is 20.3 Å². The molecule has 1 aliphatic heterocycles. The van der Waals surface area contributed by atoms with Gasteiger partial charge in [0.15, 0.2) is 0 Å². The Hall–Kier alpha value is -1.17. The van der Waals surface area contributed by atoms with Gasteiger partial charge in [-0.2, -0.15) is 0 Å². The first-order valence-corrected chi connectivity index (χ1v) is 6.31. The summed E-state index contributed by atoms with van der Waals surface area (Å²) in [6.45, 7) is 1.01. The van der Waals surface area contributed by atoms with Gasteiger partial charge in [0.25, 0.3) is 0 Å². The van der Waals surface area contributed by atoms with E-state index < -0.39 is 17.7 Å². The fourth-order valence-electron chi connectivity index (χ4n) is 2.32. The summed E-state index contributed by atoms with van der Waals surface area (Å²) in [6, 6.07) is 4.10. The maximum absolute atomic E-state index is 13.2. The van der Waals surface area contributed by atoms with E-state index in [9.17, 15) is 9.18 Å². The Kier molecular flexibility index (Phi) is 4.39. The maximum atomic E-state index is 13.2. The van der Waals surface area contributed by atoms with Crippen LogP contribution in [0.1, 0.15) is 5.56 Å². The van der Waals surface area contributed by atoms with E-state index in [0.29, 0.717) is 23.7 Å². The minimum Gasteiger partial charge on any atom is -0.481 e. The molecule has 2 atom stereocenters. The van der Waals surface area contributed by atoms with Crippen molar-refractivity contribution in [1.82, 2.24) is 4.90 Å². The molecule has 104 valence electrons. The van der Waals surface area contributed by atoms with Crippen LogP contribution in [-0.2, 0) is 16.1 Å². The second-order valence-electron chi connectivity index (χ2n) is 4.74. The highest BCUT2D eigenvalue weighted by atomic mass is 35.5. The molecule has 0 spiro atoms. The number of nitrogens with zero attached hydrogens (tertiary/aromatic N) is 1. The van der Waals surface area contributed by atoms with Crippen LogP contribution in [0.15, 0.2) is 18.2 Å². The molecule has 1 aromatic rings. The molecular weight excluding hydrogens is 273 g/mol. The van der Waals surface area contributed by atoms with Gasteiger partial charge in [0.05, 0.1) is 19.1 Å². The van der Waals surface area contributed by atoms with Crippen LogP contribution in [0.3, 0.4) is 0 Å². The fourth-order valence-corrected chi connectivity index (χ4v) is 2.57. The number of likely N-dealkylation sites (N-methyl/N-ethyl adjacent to an activating group) is 1. The normalized spacial score (nSPS) is 22.9. The van der Waals surface area contributed by atoms with Gasteiger partial charge in [0.1, 0.15) is 5.82 Å². The van der Waals surface area contributed by atoms with E-state index in [4.69, 9.17) is 21.4 Å². The minimum atomic E-state index is -0.869. The summed E-state index contributed by atoms with van der Waals surface area (Å²) in [5.74, 6) is -1.81. The quantitative estimate of drug-likeness (QED) is 0.920. The lowest BCUT2D eigenvalue weighted by Gasteiger charge is -2.26. The van der Waals surface area contributed by atoms with E-state index in [2.05, 4.69) is 0 Å². The average molecular weight is 288 g/mol. The zero-order valence-corrected chi connectivity index (χ0v) is 11.2. The average Bonchev–Trinajstić information content (AvgIpc) is 2.75. The third-order valence-corrected chi connectivity index (χ3v) is 3.51. The molecule has 6 heteroatoms. The number of carbonyl (C=O) groups is 1. The van der Waals surface area contributed by atoms with Crippen LogP contribution in [0, 0.1) is 11.7 Å². The number of hydrogen-bond donors (Lipinski definition) is 1. The summed E-state index contributed by atoms with van der Waals surface area (Å²) in [5.41, 5.74) is 0.712. The number of carboxylic acids is 1. The summed E-state index contributed by atoms with van der Waals surface area (Å²) in [5, 5.41) is 9.43. The molecule has 1 aliphatic rings. The van der Waals surface area contributed by atoms with Crippen molar-refractivity contribution in [2.45, 2.75) is 12.6 Å². The monoisotopic (exact) mass is 287 g/mol. The van der Waals surface area contributed by atoms with Crippen molar-refractivity contribution in [3.63, 3.8) is 0 Å². The lowest BCUT2D eigenvalue weighted by atomic mass is 10.0. The molecule has 1 saturated heterocycles. The highest BCUT2D eigenvalue weighted by molar-refractivity contribution is 6.30. The van der Waals surface area contributed by atoms with E-state index in [0.717, 1.165) is 0 Å². The smallest absolute Gasteiger partial charge is 0.310 e. The highest BCUT2D eigenvalue weighted by Crippen LogP contribution is 2.22. The molecule has 1 fully saturated rings. The van der Waals surface area contributed by atoms with E-state index in [1.165, 1.54) is 12.1 Å². The molecule has 0 bridgehead atoms. The van der Waals surface area contributed by atoms with Crippen molar-refractivity contribution in [3.8, 4) is 0 Å². The summed E-state index contributed by atoms with van der Waals surface area (Å²) >= 11 is 5.80. The van der Waals surface area contributed by atoms with Crippen molar-refractivity contribution < 1.29 is 19.0 Å². The summed E-state index contributed by atoms with van der Waals surface area (Å²) < 4.78 is 18.5. The molecule has 1 heterocycles. The Labute approximate surface area is 115 Å². The Morgan fingerprint density at radius 3 is 2.89 bits per heavy atom. The first-order valence-electron chi connectivity index (χ1n) is 5.93. The van der Waals surface area contributed by atoms with E-state index in [1.54, 1.807) is 13.1 Å². The first kappa shape index (κ1) is 14.2. The lowest BCUT2D eigenvalue weighted by Crippen LogP contribution is -2.40. The molecule has 4 nitrogen and oxygen atoms in total. The maximum Gasteiger partial charge on any atom is 0.310 e. The first-order chi connectivity index (χ1) is 8.97. The standard InChI is InChI=1S/C13H15ClFNO3/c1-16(12-7-19-6-11(12)13(17)18)5-8-2-9(14)4-10(15)3-8/h2-4,11-12H,5-7H2,1H3,(H,17,18). The second-order valence-corrected chi connectivity index (χ2v) is 5.18. The highest BCUT2D eigenvalue weighted by Gasteiger charge is 2.36. The molecule has 0 amide bonds. The minimum absolute atomic E-state index is 0.209. The summed E-state index contributed by atoms with van der Waals surface area (Å²) in [4.78, 5) is 12.9. The van der Waals surface area contributed by atoms with Crippen molar-refractivity contribution in [3.05, 3.63) is 34.6 Å². The third-order valence-electron chi connectivity index (χ3n) is 3.29. The van der Waals surface area contributed by atoms with E-state index >= 15 is 0 Å². The largest absolute Gasteiger partial charge is 0.481 e. The van der Waals surface area contributed by atoms with Gasteiger partial charge in [-0.3, -0.25) is 9.69 Å². The SMILES string of the molecule is CN(Cc1cc(F)cc(Cl)c1)C1COCC1C(=O)O. The van der Waals surface area contributed by atoms with Crippen LogP contribution in [0.2, 0.25) is 5.02 Å². The van der Waals surface area contributed by atoms with Gasteiger partial charge in [-0.05, 0) is 30.8 Å². The number of carboxylic acid groups (broad SMARTS) is 1. The Morgan fingerprint density at radius 2 is 2.26 bits per heavy atom. The van der Waals surface area contributed by atoms with Crippen LogP contribution in [0.4, 0.5) is 4.39 Å². The molecule has 19 heavy (non-hydrogen) atoms. The zero-order chi connectivity index (χ0) is 14.0. The predicted octanol–water partition coefficient (Wildman–Crippen LogP) is 2.01. The van der Waals surface area contributed by atoms with Crippen LogP contribution >= 0.6 is 11.6 Å². The number of aliphatic carboxylic acids is 1. The summed E-state index contributed by atoms with van der Waals surface area (Å²) in [6.07, 6.45) is 0. The van der Waals surface area contributed by atoms with Gasteiger partial charge in [-0.15, -0.1) is 0 Å². The number of rotatable bonds is 4. The van der Waals surface area contributed by atoms with Crippen molar-refractivity contribution in [2.24, 2.45) is 5.92 Å². The molecule has 0 radical (unpaired) electrons. The third kappa shape index (κ3) is 3.43. The van der Waals surface area contributed by atoms with Crippen LogP contribution < -0.4 is 0 Å². The van der Waals surface area contributed by atoms with E-state index in [-0.39, 0.29) is 12.6 Å². The molecule has 2 rings (SSSR count). The van der Waals surface area contributed by atoms with Crippen LogP contribution in [0.5, 0.6) is 0 Å². The lowest BCUT2D eigenvalue weighted by molar-refractivity contribution is -0.143. The number of hydrogen-bond acceptors (Lipinski definition) is 3. The second kappa shape index (κ2) is 5.86. The van der Waals surface area contributed by atoms with E-state index in [1.807, 2.05) is 4.90 Å². The Balaban J connectivity index is 2.08. The molecule has 2 unspecified atom stereocenters. The molecular formula is C13H15ClFNO3. The van der Waals surface area contributed by atoms with Gasteiger partial charge in [0.2, 0.25) is 0 Å². The van der Waals surface area contributed by atoms with Crippen LogP contribution in [0.25, 0.3) is 0 Å². The number of ether oxygens (including phenoxy) is 1. The van der Waals surface area contributed by atoms with Gasteiger partial charge < -0.3 is 9.84 Å². The topological polar surface area (TPSA) is 49.8 Å². The number of benzene rings is 1. The Morgan fingerprint density at radius 1 is 1.53 bits per heavy atom. The zero-order valence-electron chi connectivity index (χ0n) is 10.5. The Bertz CT molecular complexity index is 463. The molecule has 0 aromatic heterocycles. The summed E-state index contributed by atoms with van der Waals surface area (Å²) in [7, 11) is 1.80. The molecule has 0 saturated carbocycles. The molecule has 1 aromatic carbocycles. The predicted molar refractivity (Wildman–Crippen MR) is 68.6 cm³/mol. The van der Waals surface area contributed by atoms with Crippen molar-refractivity contribution in [1.29, 1.82) is 0 Å². The van der Waals surface area contributed by atoms with Crippen LogP contribution in [-0.4, -0.2) is 42.3 Å². The fraction of sp³-hybridized carbons (Fsp3) is 0.462. The molecule has 1 N–H and O–H groups in total.